The molecule has 8 nitrogen and oxygen atoms in total. The summed E-state index contributed by atoms with van der Waals surface area (Å²) in [5, 5.41) is 10.8. The summed E-state index contributed by atoms with van der Waals surface area (Å²) in [6.45, 7) is 10.6. The molecule has 36 heavy (non-hydrogen) atoms. The zero-order valence-electron chi connectivity index (χ0n) is 21.7. The second kappa shape index (κ2) is 12.7. The summed E-state index contributed by atoms with van der Waals surface area (Å²) in [6.07, 6.45) is 2.44. The van der Waals surface area contributed by atoms with Crippen LogP contribution >= 0.6 is 0 Å². The van der Waals surface area contributed by atoms with Crippen LogP contribution in [0.2, 0.25) is 0 Å². The largest absolute Gasteiger partial charge is 0.494 e. The molecule has 2 aromatic heterocycles. The first kappa shape index (κ1) is 26.7. The van der Waals surface area contributed by atoms with Crippen LogP contribution in [0, 0.1) is 13.8 Å². The molecular weight excluding hydrogens is 456 g/mol. The topological polar surface area (TPSA) is 116 Å². The second-order valence-corrected chi connectivity index (χ2v) is 9.02. The van der Waals surface area contributed by atoms with Gasteiger partial charge < -0.3 is 19.7 Å². The van der Waals surface area contributed by atoms with Crippen LogP contribution < -0.4 is 20.6 Å². The zero-order valence-corrected chi connectivity index (χ0v) is 21.7. The Morgan fingerprint density at radius 3 is 1.50 bits per heavy atom. The number of aryl methyl sites for hydroxylation is 2. The minimum absolute atomic E-state index is 0.0428. The third-order valence-corrected chi connectivity index (χ3v) is 5.63. The molecule has 4 N–H and O–H groups in total. The van der Waals surface area contributed by atoms with Gasteiger partial charge in [0.1, 0.15) is 11.5 Å². The highest BCUT2D eigenvalue weighted by atomic mass is 16.5. The van der Waals surface area contributed by atoms with Crippen molar-refractivity contribution >= 4 is 0 Å². The molecule has 4 aromatic rings. The van der Waals surface area contributed by atoms with Crippen LogP contribution in [0.25, 0.3) is 0 Å². The summed E-state index contributed by atoms with van der Waals surface area (Å²) < 4.78 is 11.1. The van der Waals surface area contributed by atoms with E-state index in [0.29, 0.717) is 12.8 Å². The van der Waals surface area contributed by atoms with Crippen LogP contribution in [0.4, 0.5) is 0 Å². The second-order valence-electron chi connectivity index (χ2n) is 9.02. The van der Waals surface area contributed by atoms with E-state index in [9.17, 15) is 9.59 Å². The van der Waals surface area contributed by atoms with Crippen molar-refractivity contribution in [3.63, 3.8) is 0 Å². The lowest BCUT2D eigenvalue weighted by Gasteiger charge is -2.09. The number of benzene rings is 2. The van der Waals surface area contributed by atoms with Crippen LogP contribution in [0.15, 0.2) is 58.1 Å². The Hall–Kier alpha value is -3.94. The summed E-state index contributed by atoms with van der Waals surface area (Å²) in [4.78, 5) is 23.1. The van der Waals surface area contributed by atoms with Crippen LogP contribution in [0.5, 0.6) is 11.5 Å². The van der Waals surface area contributed by atoms with E-state index in [4.69, 9.17) is 9.47 Å². The lowest BCUT2D eigenvalue weighted by molar-refractivity contribution is 0.242. The molecule has 2 aromatic carbocycles. The number of rotatable bonds is 9. The van der Waals surface area contributed by atoms with Crippen molar-refractivity contribution in [3.05, 3.63) is 103 Å². The van der Waals surface area contributed by atoms with E-state index < -0.39 is 0 Å². The van der Waals surface area contributed by atoms with Crippen molar-refractivity contribution in [1.29, 1.82) is 0 Å². The molecule has 2 heterocycles. The van der Waals surface area contributed by atoms with Gasteiger partial charge in [0, 0.05) is 35.4 Å². The maximum atomic E-state index is 11.5. The number of nitrogens with one attached hydrogen (secondary N) is 4. The van der Waals surface area contributed by atoms with Crippen LogP contribution in [-0.4, -0.2) is 33.1 Å². The smallest absolute Gasteiger partial charge is 0.267 e. The van der Waals surface area contributed by atoms with Gasteiger partial charge in [-0.25, -0.2) is 0 Å². The first-order chi connectivity index (χ1) is 17.3. The first-order valence-electron chi connectivity index (χ1n) is 12.3. The van der Waals surface area contributed by atoms with Crippen LogP contribution in [-0.2, 0) is 12.8 Å². The van der Waals surface area contributed by atoms with Gasteiger partial charge in [-0.05, 0) is 69.5 Å². The Morgan fingerprint density at radius 1 is 0.694 bits per heavy atom. The molecule has 0 unspecified atom stereocenters. The summed E-state index contributed by atoms with van der Waals surface area (Å²) in [7, 11) is 0. The van der Waals surface area contributed by atoms with E-state index in [-0.39, 0.29) is 17.2 Å². The van der Waals surface area contributed by atoms with Gasteiger partial charge in [-0.3, -0.25) is 19.8 Å². The Bertz CT molecular complexity index is 1330. The van der Waals surface area contributed by atoms with E-state index >= 15 is 0 Å². The normalized spacial score (nSPS) is 10.7. The van der Waals surface area contributed by atoms with E-state index in [1.54, 1.807) is 0 Å². The highest BCUT2D eigenvalue weighted by Crippen LogP contribution is 2.17. The summed E-state index contributed by atoms with van der Waals surface area (Å²) >= 11 is 0. The predicted molar refractivity (Wildman–Crippen MR) is 142 cm³/mol. The number of aromatic nitrogens is 4. The van der Waals surface area contributed by atoms with Gasteiger partial charge in [-0.1, -0.05) is 31.2 Å². The molecular formula is C28H36N4O4. The fourth-order valence-corrected chi connectivity index (χ4v) is 3.66. The van der Waals surface area contributed by atoms with E-state index in [2.05, 4.69) is 27.3 Å². The third kappa shape index (κ3) is 7.53. The van der Waals surface area contributed by atoms with Crippen molar-refractivity contribution in [2.75, 3.05) is 6.61 Å². The summed E-state index contributed by atoms with van der Waals surface area (Å²) in [5.74, 6) is 1.73. The lowest BCUT2D eigenvalue weighted by atomic mass is 10.1. The molecule has 0 bridgehead atoms. The zero-order chi connectivity index (χ0) is 26.1. The van der Waals surface area contributed by atoms with Crippen LogP contribution in [0.1, 0.15) is 60.8 Å². The molecule has 0 atom stereocenters. The summed E-state index contributed by atoms with van der Waals surface area (Å²) in [5.41, 5.74) is 5.47. The van der Waals surface area contributed by atoms with E-state index in [1.165, 1.54) is 0 Å². The quantitative estimate of drug-likeness (QED) is 0.269. The number of aromatic amines is 4. The Balaban J connectivity index is 0.000000201. The molecule has 0 saturated carbocycles. The Morgan fingerprint density at radius 2 is 1.14 bits per heavy atom. The predicted octanol–water partition coefficient (Wildman–Crippen LogP) is 4.78. The van der Waals surface area contributed by atoms with Gasteiger partial charge in [-0.15, -0.1) is 0 Å². The van der Waals surface area contributed by atoms with Crippen molar-refractivity contribution in [3.8, 4) is 11.5 Å². The molecule has 0 radical (unpaired) electrons. The van der Waals surface area contributed by atoms with Crippen molar-refractivity contribution in [2.45, 2.75) is 60.0 Å². The summed E-state index contributed by atoms with van der Waals surface area (Å²) in [6, 6.07) is 15.7. The minimum Gasteiger partial charge on any atom is -0.494 e. The molecule has 192 valence electrons. The average Bonchev–Trinajstić information content (AvgIpc) is 3.35. The standard InChI is InChI=1S/2C14H18N2O2/c1-9(2)18-12-6-4-11(5-7-12)8-13-10(3)15-16-14(13)17;1-3-8-18-12-6-4-11(5-7-12)9-13-10(2)15-16-14(13)17/h4-7,9H,8H2,1-3H3,(H2,15,16,17);4-7H,3,8-9H2,1-2H3,(H2,15,16,17). The number of ether oxygens (including phenoxy) is 2. The molecule has 0 aliphatic rings. The highest BCUT2D eigenvalue weighted by Gasteiger charge is 2.08. The fourth-order valence-electron chi connectivity index (χ4n) is 3.66. The number of hydrogen-bond donors (Lipinski definition) is 4. The van der Waals surface area contributed by atoms with Gasteiger partial charge in [0.2, 0.25) is 0 Å². The maximum Gasteiger partial charge on any atom is 0.267 e. The highest BCUT2D eigenvalue weighted by molar-refractivity contribution is 5.33. The maximum absolute atomic E-state index is 11.5. The lowest BCUT2D eigenvalue weighted by Crippen LogP contribution is -2.07. The number of hydrogen-bond acceptors (Lipinski definition) is 4. The Labute approximate surface area is 211 Å². The molecule has 0 aliphatic carbocycles. The van der Waals surface area contributed by atoms with E-state index in [0.717, 1.165) is 58.2 Å². The molecule has 0 spiro atoms. The van der Waals surface area contributed by atoms with Gasteiger partial charge in [-0.2, -0.15) is 0 Å². The molecule has 0 aliphatic heterocycles. The molecule has 0 amide bonds. The van der Waals surface area contributed by atoms with Crippen LogP contribution in [0.3, 0.4) is 0 Å². The molecule has 8 heteroatoms. The van der Waals surface area contributed by atoms with E-state index in [1.807, 2.05) is 76.2 Å². The van der Waals surface area contributed by atoms with Gasteiger partial charge in [0.05, 0.1) is 12.7 Å². The van der Waals surface area contributed by atoms with Crippen molar-refractivity contribution in [2.24, 2.45) is 0 Å². The third-order valence-electron chi connectivity index (χ3n) is 5.63. The molecule has 4 rings (SSSR count). The monoisotopic (exact) mass is 492 g/mol. The number of H-pyrrole nitrogens is 4. The molecule has 0 fully saturated rings. The van der Waals surface area contributed by atoms with Gasteiger partial charge in [0.15, 0.2) is 0 Å². The average molecular weight is 493 g/mol. The van der Waals surface area contributed by atoms with Crippen molar-refractivity contribution < 1.29 is 9.47 Å². The Kier molecular flexibility index (Phi) is 9.39. The fraction of sp³-hybridized carbons (Fsp3) is 0.357. The van der Waals surface area contributed by atoms with Crippen molar-refractivity contribution in [1.82, 2.24) is 20.4 Å². The molecule has 0 saturated heterocycles. The first-order valence-corrected chi connectivity index (χ1v) is 12.3. The minimum atomic E-state index is -0.0463. The van der Waals surface area contributed by atoms with Gasteiger partial charge >= 0.3 is 0 Å². The SMILES string of the molecule is CCCOc1ccc(Cc2c(C)[nH][nH]c2=O)cc1.Cc1[nH][nH]c(=O)c1Cc1ccc(OC(C)C)cc1. The van der Waals surface area contributed by atoms with Gasteiger partial charge in [0.25, 0.3) is 11.1 Å².